The van der Waals surface area contributed by atoms with Gasteiger partial charge in [-0.1, -0.05) is 26.5 Å². The van der Waals surface area contributed by atoms with E-state index in [1.165, 1.54) is 18.4 Å². The SMILES string of the molecule is C=C1CCCC(C)(C)C12C=CCO2. The summed E-state index contributed by atoms with van der Waals surface area (Å²) >= 11 is 0. The first kappa shape index (κ1) is 9.01. The third-order valence-electron chi connectivity index (χ3n) is 3.57. The Labute approximate surface area is 80.5 Å². The molecule has 1 spiro atoms. The second-order valence-corrected chi connectivity index (χ2v) is 4.79. The third kappa shape index (κ3) is 1.10. The van der Waals surface area contributed by atoms with Crippen LogP contribution in [0.5, 0.6) is 0 Å². The number of rotatable bonds is 0. The predicted octanol–water partition coefficient (Wildman–Crippen LogP) is 3.08. The van der Waals surface area contributed by atoms with Crippen LogP contribution in [0.2, 0.25) is 0 Å². The van der Waals surface area contributed by atoms with Crippen LogP contribution in [0.1, 0.15) is 33.1 Å². The molecule has 1 aliphatic heterocycles. The zero-order valence-electron chi connectivity index (χ0n) is 8.60. The van der Waals surface area contributed by atoms with Crippen LogP contribution in [0.4, 0.5) is 0 Å². The van der Waals surface area contributed by atoms with E-state index in [0.29, 0.717) is 0 Å². The van der Waals surface area contributed by atoms with Crippen molar-refractivity contribution in [1.82, 2.24) is 0 Å². The van der Waals surface area contributed by atoms with Crippen LogP contribution in [0.25, 0.3) is 0 Å². The van der Waals surface area contributed by atoms with Gasteiger partial charge in [0.15, 0.2) is 0 Å². The van der Waals surface area contributed by atoms with E-state index in [1.807, 2.05) is 0 Å². The van der Waals surface area contributed by atoms with Gasteiger partial charge < -0.3 is 4.74 Å². The highest BCUT2D eigenvalue weighted by Crippen LogP contribution is 2.50. The third-order valence-corrected chi connectivity index (χ3v) is 3.57. The van der Waals surface area contributed by atoms with Crippen molar-refractivity contribution in [1.29, 1.82) is 0 Å². The molecular weight excluding hydrogens is 160 g/mol. The molecule has 0 amide bonds. The van der Waals surface area contributed by atoms with Crippen molar-refractivity contribution in [3.8, 4) is 0 Å². The topological polar surface area (TPSA) is 9.23 Å². The Morgan fingerprint density at radius 3 is 2.77 bits per heavy atom. The van der Waals surface area contributed by atoms with Crippen molar-refractivity contribution in [2.75, 3.05) is 6.61 Å². The molecule has 0 bridgehead atoms. The zero-order chi connectivity index (χ0) is 9.53. The van der Waals surface area contributed by atoms with Crippen molar-refractivity contribution in [2.45, 2.75) is 38.7 Å². The van der Waals surface area contributed by atoms with Crippen LogP contribution >= 0.6 is 0 Å². The van der Waals surface area contributed by atoms with Crippen LogP contribution in [-0.2, 0) is 4.74 Å². The fourth-order valence-electron chi connectivity index (χ4n) is 2.68. The Hall–Kier alpha value is -0.560. The number of ether oxygens (including phenoxy) is 1. The van der Waals surface area contributed by atoms with Gasteiger partial charge in [-0.2, -0.15) is 0 Å². The summed E-state index contributed by atoms with van der Waals surface area (Å²) in [5.41, 5.74) is 1.33. The molecule has 1 aliphatic carbocycles. The van der Waals surface area contributed by atoms with Crippen molar-refractivity contribution >= 4 is 0 Å². The molecule has 1 unspecified atom stereocenters. The maximum absolute atomic E-state index is 5.90. The first-order valence-corrected chi connectivity index (χ1v) is 5.08. The number of hydrogen-bond acceptors (Lipinski definition) is 1. The smallest absolute Gasteiger partial charge is 0.113 e. The minimum Gasteiger partial charge on any atom is -0.362 e. The Balaban J connectivity index is 2.39. The van der Waals surface area contributed by atoms with Gasteiger partial charge in [0.25, 0.3) is 0 Å². The summed E-state index contributed by atoms with van der Waals surface area (Å²) < 4.78 is 5.90. The van der Waals surface area contributed by atoms with Gasteiger partial charge in [-0.3, -0.25) is 0 Å². The molecule has 1 atom stereocenters. The fraction of sp³-hybridized carbons (Fsp3) is 0.667. The molecule has 0 saturated heterocycles. The quantitative estimate of drug-likeness (QED) is 0.518. The van der Waals surface area contributed by atoms with Gasteiger partial charge in [0.2, 0.25) is 0 Å². The van der Waals surface area contributed by atoms with Crippen molar-refractivity contribution < 1.29 is 4.74 Å². The molecule has 0 aromatic rings. The van der Waals surface area contributed by atoms with E-state index in [2.05, 4.69) is 32.6 Å². The van der Waals surface area contributed by atoms with Crippen LogP contribution < -0.4 is 0 Å². The fourth-order valence-corrected chi connectivity index (χ4v) is 2.68. The van der Waals surface area contributed by atoms with E-state index >= 15 is 0 Å². The summed E-state index contributed by atoms with van der Waals surface area (Å²) in [5.74, 6) is 0. The molecule has 1 heteroatoms. The van der Waals surface area contributed by atoms with Gasteiger partial charge in [-0.05, 0) is 30.9 Å². The summed E-state index contributed by atoms with van der Waals surface area (Å²) in [6.07, 6.45) is 7.95. The van der Waals surface area contributed by atoms with Gasteiger partial charge in [-0.25, -0.2) is 0 Å². The molecule has 0 aromatic heterocycles. The minimum atomic E-state index is -0.148. The highest BCUT2D eigenvalue weighted by atomic mass is 16.5. The average Bonchev–Trinajstić information content (AvgIpc) is 2.50. The maximum Gasteiger partial charge on any atom is 0.113 e. The van der Waals surface area contributed by atoms with Gasteiger partial charge >= 0.3 is 0 Å². The second kappa shape index (κ2) is 2.71. The molecule has 1 heterocycles. The van der Waals surface area contributed by atoms with Crippen molar-refractivity contribution in [2.24, 2.45) is 5.41 Å². The summed E-state index contributed by atoms with van der Waals surface area (Å²) in [7, 11) is 0. The lowest BCUT2D eigenvalue weighted by Gasteiger charge is -2.47. The highest BCUT2D eigenvalue weighted by molar-refractivity contribution is 5.32. The van der Waals surface area contributed by atoms with E-state index in [-0.39, 0.29) is 11.0 Å². The summed E-state index contributed by atoms with van der Waals surface area (Å²) in [6, 6.07) is 0. The molecule has 0 N–H and O–H groups in total. The Morgan fingerprint density at radius 2 is 2.23 bits per heavy atom. The lowest BCUT2D eigenvalue weighted by molar-refractivity contribution is -0.0527. The van der Waals surface area contributed by atoms with Crippen molar-refractivity contribution in [3.05, 3.63) is 24.3 Å². The molecule has 2 rings (SSSR count). The van der Waals surface area contributed by atoms with Crippen LogP contribution in [-0.4, -0.2) is 12.2 Å². The Kier molecular flexibility index (Phi) is 1.88. The largest absolute Gasteiger partial charge is 0.362 e. The molecular formula is C12H18O. The lowest BCUT2D eigenvalue weighted by Crippen LogP contribution is -2.47. The van der Waals surface area contributed by atoms with Crippen LogP contribution in [0.3, 0.4) is 0 Å². The van der Waals surface area contributed by atoms with E-state index in [1.54, 1.807) is 0 Å². The van der Waals surface area contributed by atoms with Gasteiger partial charge in [0.1, 0.15) is 5.60 Å². The normalized spacial score (nSPS) is 37.2. The van der Waals surface area contributed by atoms with Gasteiger partial charge in [0.05, 0.1) is 6.61 Å². The van der Waals surface area contributed by atoms with E-state index in [0.717, 1.165) is 13.0 Å². The molecule has 0 radical (unpaired) electrons. The van der Waals surface area contributed by atoms with Crippen molar-refractivity contribution in [3.63, 3.8) is 0 Å². The summed E-state index contributed by atoms with van der Waals surface area (Å²) in [4.78, 5) is 0. The molecule has 72 valence electrons. The van der Waals surface area contributed by atoms with E-state index < -0.39 is 0 Å². The standard InChI is InChI=1S/C12H18O/c1-10-6-4-7-11(2,3)12(10)8-5-9-13-12/h5,8H,1,4,6-7,9H2,2-3H3. The Bertz CT molecular complexity index is 262. The first-order valence-electron chi connectivity index (χ1n) is 5.08. The van der Waals surface area contributed by atoms with Gasteiger partial charge in [-0.15, -0.1) is 0 Å². The second-order valence-electron chi connectivity index (χ2n) is 4.79. The van der Waals surface area contributed by atoms with Crippen LogP contribution in [0, 0.1) is 5.41 Å². The van der Waals surface area contributed by atoms with E-state index in [9.17, 15) is 0 Å². The molecule has 1 nitrogen and oxygen atoms in total. The maximum atomic E-state index is 5.90. The summed E-state index contributed by atoms with van der Waals surface area (Å²) in [6.45, 7) is 9.49. The molecule has 0 aromatic carbocycles. The summed E-state index contributed by atoms with van der Waals surface area (Å²) in [5, 5.41) is 0. The molecule has 1 saturated carbocycles. The number of hydrogen-bond donors (Lipinski definition) is 0. The molecule has 2 aliphatic rings. The van der Waals surface area contributed by atoms with Crippen LogP contribution in [0.15, 0.2) is 24.3 Å². The Morgan fingerprint density at radius 1 is 1.46 bits per heavy atom. The zero-order valence-corrected chi connectivity index (χ0v) is 8.60. The average molecular weight is 178 g/mol. The highest BCUT2D eigenvalue weighted by Gasteiger charge is 2.49. The monoisotopic (exact) mass is 178 g/mol. The predicted molar refractivity (Wildman–Crippen MR) is 54.6 cm³/mol. The lowest BCUT2D eigenvalue weighted by atomic mass is 9.63. The van der Waals surface area contributed by atoms with E-state index in [4.69, 9.17) is 4.74 Å². The first-order chi connectivity index (χ1) is 6.08. The molecule has 13 heavy (non-hydrogen) atoms. The molecule has 1 fully saturated rings. The minimum absolute atomic E-state index is 0.148. The van der Waals surface area contributed by atoms with Gasteiger partial charge in [0, 0.05) is 5.41 Å².